The summed E-state index contributed by atoms with van der Waals surface area (Å²) in [5.41, 5.74) is 17.4. The molecule has 0 saturated heterocycles. The van der Waals surface area contributed by atoms with Crippen LogP contribution in [0.4, 0.5) is 5.82 Å². The van der Waals surface area contributed by atoms with Crippen LogP contribution in [-0.4, -0.2) is 11.5 Å². The lowest BCUT2D eigenvalue weighted by molar-refractivity contribution is 0.736. The number of aromatic nitrogens is 1. The molecule has 60 valence electrons. The van der Waals surface area contributed by atoms with Gasteiger partial charge in [-0.3, -0.25) is 0 Å². The zero-order valence-electron chi connectivity index (χ0n) is 6.20. The average Bonchev–Trinajstić information content (AvgIpc) is 2.03. The summed E-state index contributed by atoms with van der Waals surface area (Å²) in [4.78, 5) is 3.84. The monoisotopic (exact) mass is 152 g/mol. The minimum atomic E-state index is -0.139. The zero-order valence-corrected chi connectivity index (χ0v) is 6.20. The van der Waals surface area contributed by atoms with Crippen LogP contribution in [0.5, 0.6) is 0 Å². The highest BCUT2D eigenvalue weighted by atomic mass is 14.8. The topological polar surface area (TPSA) is 91.0 Å². The van der Waals surface area contributed by atoms with Crippen molar-refractivity contribution in [3.05, 3.63) is 23.9 Å². The van der Waals surface area contributed by atoms with Gasteiger partial charge in [-0.2, -0.15) is 0 Å². The van der Waals surface area contributed by atoms with Crippen LogP contribution in [0.15, 0.2) is 18.3 Å². The number of hydrogen-bond acceptors (Lipinski definition) is 4. The largest absolute Gasteiger partial charge is 0.384 e. The molecule has 1 rings (SSSR count). The van der Waals surface area contributed by atoms with E-state index in [4.69, 9.17) is 17.2 Å². The number of anilines is 1. The fourth-order valence-electron chi connectivity index (χ4n) is 0.832. The highest BCUT2D eigenvalue weighted by Gasteiger charge is 2.02. The van der Waals surface area contributed by atoms with Crippen LogP contribution in [0.2, 0.25) is 0 Å². The summed E-state index contributed by atoms with van der Waals surface area (Å²) in [6.45, 7) is 0.420. The van der Waals surface area contributed by atoms with Gasteiger partial charge in [-0.05, 0) is 17.7 Å². The summed E-state index contributed by atoms with van der Waals surface area (Å²) in [5, 5.41) is 0. The van der Waals surface area contributed by atoms with E-state index in [9.17, 15) is 0 Å². The predicted molar refractivity (Wildman–Crippen MR) is 44.6 cm³/mol. The number of hydrogen-bond donors (Lipinski definition) is 3. The van der Waals surface area contributed by atoms with Gasteiger partial charge in [0.15, 0.2) is 0 Å². The normalized spacial score (nSPS) is 12.9. The molecule has 11 heavy (non-hydrogen) atoms. The molecule has 0 aromatic carbocycles. The summed E-state index contributed by atoms with van der Waals surface area (Å²) >= 11 is 0. The Bertz CT molecular complexity index is 236. The fraction of sp³-hybridized carbons (Fsp3) is 0.286. The van der Waals surface area contributed by atoms with Crippen LogP contribution in [-0.2, 0) is 0 Å². The SMILES string of the molecule is NC[C@@H](N)c1ccnc(N)c1. The van der Waals surface area contributed by atoms with Gasteiger partial charge >= 0.3 is 0 Å². The van der Waals surface area contributed by atoms with Crippen molar-refractivity contribution in [2.45, 2.75) is 6.04 Å². The Morgan fingerprint density at radius 3 is 2.82 bits per heavy atom. The molecule has 0 aliphatic heterocycles. The van der Waals surface area contributed by atoms with E-state index in [1.54, 1.807) is 12.3 Å². The molecule has 0 unspecified atom stereocenters. The first-order valence-corrected chi connectivity index (χ1v) is 3.41. The van der Waals surface area contributed by atoms with Crippen molar-refractivity contribution in [3.8, 4) is 0 Å². The molecule has 4 heteroatoms. The lowest BCUT2D eigenvalue weighted by Crippen LogP contribution is -2.20. The van der Waals surface area contributed by atoms with Gasteiger partial charge in [0.25, 0.3) is 0 Å². The van der Waals surface area contributed by atoms with Crippen LogP contribution in [0, 0.1) is 0 Å². The second-order valence-corrected chi connectivity index (χ2v) is 2.36. The Kier molecular flexibility index (Phi) is 2.40. The molecule has 0 radical (unpaired) electrons. The molecular formula is C7H12N4. The third-order valence-electron chi connectivity index (χ3n) is 1.49. The molecule has 1 heterocycles. The molecule has 0 aliphatic carbocycles. The van der Waals surface area contributed by atoms with Gasteiger partial charge in [-0.15, -0.1) is 0 Å². The first-order chi connectivity index (χ1) is 5.24. The van der Waals surface area contributed by atoms with Gasteiger partial charge in [0.1, 0.15) is 5.82 Å². The van der Waals surface area contributed by atoms with Crippen molar-refractivity contribution in [1.82, 2.24) is 4.98 Å². The lowest BCUT2D eigenvalue weighted by atomic mass is 10.1. The smallest absolute Gasteiger partial charge is 0.123 e. The Balaban J connectivity index is 2.86. The van der Waals surface area contributed by atoms with Crippen molar-refractivity contribution in [1.29, 1.82) is 0 Å². The predicted octanol–water partition coefficient (Wildman–Crippen LogP) is -0.378. The molecule has 0 spiro atoms. The third-order valence-corrected chi connectivity index (χ3v) is 1.49. The fourth-order valence-corrected chi connectivity index (χ4v) is 0.832. The Morgan fingerprint density at radius 1 is 1.55 bits per heavy atom. The van der Waals surface area contributed by atoms with Gasteiger partial charge in [0.2, 0.25) is 0 Å². The number of nitrogens with two attached hydrogens (primary N) is 3. The van der Waals surface area contributed by atoms with E-state index in [2.05, 4.69) is 4.98 Å². The van der Waals surface area contributed by atoms with E-state index in [0.717, 1.165) is 5.56 Å². The maximum atomic E-state index is 5.65. The minimum Gasteiger partial charge on any atom is -0.384 e. The Hall–Kier alpha value is -1.13. The highest BCUT2D eigenvalue weighted by molar-refractivity contribution is 5.33. The molecule has 4 nitrogen and oxygen atoms in total. The molecule has 0 saturated carbocycles. The van der Waals surface area contributed by atoms with Gasteiger partial charge in [-0.1, -0.05) is 0 Å². The lowest BCUT2D eigenvalue weighted by Gasteiger charge is -2.08. The summed E-state index contributed by atoms with van der Waals surface area (Å²) in [6, 6.07) is 3.41. The average molecular weight is 152 g/mol. The molecule has 0 bridgehead atoms. The first-order valence-electron chi connectivity index (χ1n) is 3.41. The van der Waals surface area contributed by atoms with Crippen molar-refractivity contribution in [3.63, 3.8) is 0 Å². The summed E-state index contributed by atoms with van der Waals surface area (Å²) < 4.78 is 0. The zero-order chi connectivity index (χ0) is 8.27. The minimum absolute atomic E-state index is 0.139. The standard InChI is InChI=1S/C7H12N4/c8-4-6(9)5-1-2-11-7(10)3-5/h1-3,6H,4,8-9H2,(H2,10,11)/t6-/m1/s1. The molecular weight excluding hydrogens is 140 g/mol. The van der Waals surface area contributed by atoms with Crippen molar-refractivity contribution < 1.29 is 0 Å². The molecule has 0 fully saturated rings. The number of rotatable bonds is 2. The summed E-state index contributed by atoms with van der Waals surface area (Å²) in [6.07, 6.45) is 1.63. The van der Waals surface area contributed by atoms with Crippen molar-refractivity contribution in [2.24, 2.45) is 11.5 Å². The van der Waals surface area contributed by atoms with E-state index < -0.39 is 0 Å². The van der Waals surface area contributed by atoms with Gasteiger partial charge in [0.05, 0.1) is 0 Å². The molecule has 1 aromatic heterocycles. The van der Waals surface area contributed by atoms with E-state index >= 15 is 0 Å². The quantitative estimate of drug-likeness (QED) is 0.539. The van der Waals surface area contributed by atoms with Crippen LogP contribution >= 0.6 is 0 Å². The Morgan fingerprint density at radius 2 is 2.27 bits per heavy atom. The van der Waals surface area contributed by atoms with E-state index in [1.165, 1.54) is 0 Å². The van der Waals surface area contributed by atoms with E-state index in [0.29, 0.717) is 12.4 Å². The van der Waals surface area contributed by atoms with E-state index in [1.807, 2.05) is 6.07 Å². The number of nitrogen functional groups attached to an aromatic ring is 1. The first kappa shape index (κ1) is 7.97. The van der Waals surface area contributed by atoms with Gasteiger partial charge in [-0.25, -0.2) is 4.98 Å². The van der Waals surface area contributed by atoms with Crippen LogP contribution in [0.25, 0.3) is 0 Å². The molecule has 0 aliphatic rings. The Labute approximate surface area is 65.4 Å². The molecule has 6 N–H and O–H groups in total. The molecule has 1 aromatic rings. The maximum Gasteiger partial charge on any atom is 0.123 e. The van der Waals surface area contributed by atoms with E-state index in [-0.39, 0.29) is 6.04 Å². The van der Waals surface area contributed by atoms with Gasteiger partial charge in [0, 0.05) is 18.8 Å². The number of nitrogens with zero attached hydrogens (tertiary/aromatic N) is 1. The van der Waals surface area contributed by atoms with Gasteiger partial charge < -0.3 is 17.2 Å². The van der Waals surface area contributed by atoms with Crippen molar-refractivity contribution in [2.75, 3.05) is 12.3 Å². The highest BCUT2D eigenvalue weighted by Crippen LogP contribution is 2.09. The molecule has 0 amide bonds. The van der Waals surface area contributed by atoms with Crippen molar-refractivity contribution >= 4 is 5.82 Å². The van der Waals surface area contributed by atoms with Crippen LogP contribution in [0.1, 0.15) is 11.6 Å². The third kappa shape index (κ3) is 1.89. The van der Waals surface area contributed by atoms with Crippen LogP contribution in [0.3, 0.4) is 0 Å². The molecule has 1 atom stereocenters. The van der Waals surface area contributed by atoms with Crippen LogP contribution < -0.4 is 17.2 Å². The second-order valence-electron chi connectivity index (χ2n) is 2.36. The second kappa shape index (κ2) is 3.32. The summed E-state index contributed by atoms with van der Waals surface area (Å²) in [7, 11) is 0. The summed E-state index contributed by atoms with van der Waals surface area (Å²) in [5.74, 6) is 0.478. The maximum absolute atomic E-state index is 5.65. The number of pyridine rings is 1.